The summed E-state index contributed by atoms with van der Waals surface area (Å²) < 4.78 is 5.11. The summed E-state index contributed by atoms with van der Waals surface area (Å²) in [5, 5.41) is 18.1. The Balaban J connectivity index is 2.23. The van der Waals surface area contributed by atoms with Crippen LogP contribution in [-0.4, -0.2) is 30.4 Å². The summed E-state index contributed by atoms with van der Waals surface area (Å²) in [5.74, 6) is -1.14. The molecule has 0 aliphatic carbocycles. The molecule has 0 saturated heterocycles. The highest BCUT2D eigenvalue weighted by Gasteiger charge is 2.13. The number of nitrogens with zero attached hydrogens (tertiary/aromatic N) is 4. The van der Waals surface area contributed by atoms with Crippen LogP contribution in [0.3, 0.4) is 0 Å². The predicted molar refractivity (Wildman–Crippen MR) is 52.6 cm³/mol. The zero-order valence-corrected chi connectivity index (χ0v) is 8.31. The fourth-order valence-electron chi connectivity index (χ4n) is 1.10. The summed E-state index contributed by atoms with van der Waals surface area (Å²) in [5.41, 5.74) is 6.20. The number of rotatable bonds is 3. The lowest BCUT2D eigenvalue weighted by Gasteiger charge is -1.94. The van der Waals surface area contributed by atoms with Crippen LogP contribution in [-0.2, 0) is 6.54 Å². The van der Waals surface area contributed by atoms with Crippen LogP contribution in [0.2, 0.25) is 0 Å². The number of carbonyl (C=O) groups is 1. The van der Waals surface area contributed by atoms with Gasteiger partial charge in [0.05, 0.1) is 17.9 Å². The van der Waals surface area contributed by atoms with Crippen molar-refractivity contribution in [3.05, 3.63) is 23.0 Å². The zero-order valence-electron chi connectivity index (χ0n) is 7.49. The standard InChI is InChI=1S/C7H7N5O2S/c8-5-2-12(10-6(5)7(13)14)1-4-3-15-11-9-4/h2-3H,1,8H2,(H,13,14). The number of nitrogens with two attached hydrogens (primary N) is 1. The molecular weight excluding hydrogens is 218 g/mol. The van der Waals surface area contributed by atoms with Gasteiger partial charge in [0, 0.05) is 11.6 Å². The van der Waals surface area contributed by atoms with E-state index in [4.69, 9.17) is 10.8 Å². The summed E-state index contributed by atoms with van der Waals surface area (Å²) in [7, 11) is 0. The van der Waals surface area contributed by atoms with Gasteiger partial charge in [-0.05, 0) is 11.5 Å². The van der Waals surface area contributed by atoms with E-state index in [9.17, 15) is 4.79 Å². The van der Waals surface area contributed by atoms with Gasteiger partial charge in [-0.15, -0.1) is 5.10 Å². The molecule has 0 aliphatic rings. The highest BCUT2D eigenvalue weighted by atomic mass is 32.1. The summed E-state index contributed by atoms with van der Waals surface area (Å²) in [4.78, 5) is 10.7. The first-order valence-corrected chi connectivity index (χ1v) is 4.82. The Kier molecular flexibility index (Phi) is 2.34. The SMILES string of the molecule is Nc1cn(Cc2csnn2)nc1C(=O)O. The predicted octanol–water partition coefficient (Wildman–Crippen LogP) is 0.0633. The molecule has 0 saturated carbocycles. The molecule has 0 spiro atoms. The Morgan fingerprint density at radius 1 is 1.67 bits per heavy atom. The van der Waals surface area contributed by atoms with Crippen LogP contribution in [0.5, 0.6) is 0 Å². The number of carboxylic acids is 1. The molecule has 15 heavy (non-hydrogen) atoms. The van der Waals surface area contributed by atoms with Crippen LogP contribution in [0, 0.1) is 0 Å². The van der Waals surface area contributed by atoms with E-state index in [1.54, 1.807) is 5.38 Å². The Morgan fingerprint density at radius 3 is 3.00 bits per heavy atom. The van der Waals surface area contributed by atoms with Crippen molar-refractivity contribution in [1.82, 2.24) is 19.4 Å². The Hall–Kier alpha value is -1.96. The lowest BCUT2D eigenvalue weighted by atomic mass is 10.4. The van der Waals surface area contributed by atoms with Crippen LogP contribution in [0.15, 0.2) is 11.6 Å². The van der Waals surface area contributed by atoms with Crippen molar-refractivity contribution in [3.8, 4) is 0 Å². The van der Waals surface area contributed by atoms with Gasteiger partial charge in [-0.2, -0.15) is 5.10 Å². The molecule has 0 aliphatic heterocycles. The molecule has 0 unspecified atom stereocenters. The Bertz CT molecular complexity index is 478. The number of hydrogen-bond acceptors (Lipinski definition) is 6. The first-order chi connectivity index (χ1) is 7.16. The number of carboxylic acid groups (broad SMARTS) is 1. The lowest BCUT2D eigenvalue weighted by molar-refractivity contribution is 0.0690. The summed E-state index contributed by atoms with van der Waals surface area (Å²) in [6, 6.07) is 0. The van der Waals surface area contributed by atoms with E-state index >= 15 is 0 Å². The van der Waals surface area contributed by atoms with Gasteiger partial charge in [0.1, 0.15) is 0 Å². The molecule has 8 heteroatoms. The number of aromatic carboxylic acids is 1. The lowest BCUT2D eigenvalue weighted by Crippen LogP contribution is -2.04. The highest BCUT2D eigenvalue weighted by Crippen LogP contribution is 2.10. The van der Waals surface area contributed by atoms with E-state index in [1.807, 2.05) is 0 Å². The molecule has 78 valence electrons. The first-order valence-electron chi connectivity index (χ1n) is 3.99. The summed E-state index contributed by atoms with van der Waals surface area (Å²) in [6.07, 6.45) is 1.46. The normalized spacial score (nSPS) is 10.4. The molecule has 2 aromatic rings. The van der Waals surface area contributed by atoms with Gasteiger partial charge in [-0.3, -0.25) is 4.68 Å². The first kappa shape index (κ1) is 9.59. The van der Waals surface area contributed by atoms with Crippen molar-refractivity contribution in [2.45, 2.75) is 6.54 Å². The summed E-state index contributed by atoms with van der Waals surface area (Å²) in [6.45, 7) is 0.369. The third-order valence-corrected chi connectivity index (χ3v) is 2.28. The minimum absolute atomic E-state index is 0.141. The monoisotopic (exact) mass is 225 g/mol. The average Bonchev–Trinajstić information content (AvgIpc) is 2.75. The molecule has 0 amide bonds. The molecule has 0 aromatic carbocycles. The molecule has 2 aromatic heterocycles. The number of hydrogen-bond donors (Lipinski definition) is 2. The van der Waals surface area contributed by atoms with E-state index in [-0.39, 0.29) is 11.4 Å². The van der Waals surface area contributed by atoms with Crippen molar-refractivity contribution in [3.63, 3.8) is 0 Å². The second-order valence-corrected chi connectivity index (χ2v) is 3.44. The zero-order chi connectivity index (χ0) is 10.8. The van der Waals surface area contributed by atoms with E-state index in [0.29, 0.717) is 6.54 Å². The number of nitrogen functional groups attached to an aromatic ring is 1. The third kappa shape index (κ3) is 1.94. The van der Waals surface area contributed by atoms with E-state index in [1.165, 1.54) is 22.4 Å². The van der Waals surface area contributed by atoms with Crippen LogP contribution in [0.1, 0.15) is 16.2 Å². The number of anilines is 1. The molecule has 0 radical (unpaired) electrons. The van der Waals surface area contributed by atoms with Gasteiger partial charge in [-0.1, -0.05) is 4.49 Å². The molecule has 0 bridgehead atoms. The van der Waals surface area contributed by atoms with E-state index in [0.717, 1.165) is 5.69 Å². The van der Waals surface area contributed by atoms with Crippen molar-refractivity contribution in [1.29, 1.82) is 0 Å². The Labute approximate surface area is 88.3 Å². The second kappa shape index (κ2) is 3.65. The van der Waals surface area contributed by atoms with Gasteiger partial charge in [0.2, 0.25) is 0 Å². The molecule has 0 atom stereocenters. The minimum atomic E-state index is -1.14. The molecule has 2 rings (SSSR count). The largest absolute Gasteiger partial charge is 0.476 e. The molecule has 0 fully saturated rings. The van der Waals surface area contributed by atoms with Gasteiger partial charge < -0.3 is 10.8 Å². The van der Waals surface area contributed by atoms with Crippen LogP contribution >= 0.6 is 11.5 Å². The summed E-state index contributed by atoms with van der Waals surface area (Å²) >= 11 is 1.23. The third-order valence-electron chi connectivity index (χ3n) is 1.72. The van der Waals surface area contributed by atoms with E-state index < -0.39 is 5.97 Å². The maximum atomic E-state index is 10.7. The number of aromatic nitrogens is 4. The van der Waals surface area contributed by atoms with Gasteiger partial charge in [0.25, 0.3) is 0 Å². The molecule has 3 N–H and O–H groups in total. The van der Waals surface area contributed by atoms with Gasteiger partial charge in [0.15, 0.2) is 5.69 Å². The highest BCUT2D eigenvalue weighted by molar-refractivity contribution is 7.03. The topological polar surface area (TPSA) is 107 Å². The minimum Gasteiger partial charge on any atom is -0.476 e. The van der Waals surface area contributed by atoms with Crippen molar-refractivity contribution in [2.75, 3.05) is 5.73 Å². The molecule has 2 heterocycles. The maximum absolute atomic E-state index is 10.7. The average molecular weight is 225 g/mol. The quantitative estimate of drug-likeness (QED) is 0.765. The Morgan fingerprint density at radius 2 is 2.47 bits per heavy atom. The fraction of sp³-hybridized carbons (Fsp3) is 0.143. The van der Waals surface area contributed by atoms with Crippen LogP contribution in [0.25, 0.3) is 0 Å². The second-order valence-electron chi connectivity index (χ2n) is 2.83. The fourth-order valence-corrected chi connectivity index (χ4v) is 1.55. The van der Waals surface area contributed by atoms with Crippen LogP contribution < -0.4 is 5.73 Å². The van der Waals surface area contributed by atoms with Crippen LogP contribution in [0.4, 0.5) is 5.69 Å². The van der Waals surface area contributed by atoms with E-state index in [2.05, 4.69) is 14.7 Å². The van der Waals surface area contributed by atoms with Gasteiger partial charge in [-0.25, -0.2) is 4.79 Å². The van der Waals surface area contributed by atoms with Crippen molar-refractivity contribution in [2.24, 2.45) is 0 Å². The van der Waals surface area contributed by atoms with Crippen molar-refractivity contribution >= 4 is 23.2 Å². The molecule has 7 nitrogen and oxygen atoms in total. The van der Waals surface area contributed by atoms with Crippen molar-refractivity contribution < 1.29 is 9.90 Å². The molecular formula is C7H7N5O2S. The van der Waals surface area contributed by atoms with Gasteiger partial charge >= 0.3 is 5.97 Å². The maximum Gasteiger partial charge on any atom is 0.358 e. The smallest absolute Gasteiger partial charge is 0.358 e.